The standard InChI is InChI=1S/C4H12OS/c1-6(2)4-3-5/h5-6H,3-4H2,1-2H3. The molecule has 0 aromatic rings. The van der Waals surface area contributed by atoms with Crippen LogP contribution < -0.4 is 0 Å². The van der Waals surface area contributed by atoms with Crippen LogP contribution in [0, 0.1) is 0 Å². The van der Waals surface area contributed by atoms with Crippen molar-refractivity contribution < 1.29 is 5.11 Å². The molecule has 0 aromatic carbocycles. The largest absolute Gasteiger partial charge is 0.396 e. The van der Waals surface area contributed by atoms with Gasteiger partial charge in [0.05, 0.1) is 6.61 Å². The summed E-state index contributed by atoms with van der Waals surface area (Å²) < 4.78 is 0. The van der Waals surface area contributed by atoms with Gasteiger partial charge in [0.15, 0.2) is 0 Å². The van der Waals surface area contributed by atoms with E-state index >= 15 is 0 Å². The molecular formula is C4H12OS. The molecule has 40 valence electrons. The van der Waals surface area contributed by atoms with Crippen molar-refractivity contribution in [2.45, 2.75) is 0 Å². The van der Waals surface area contributed by atoms with Gasteiger partial charge >= 0.3 is 0 Å². The van der Waals surface area contributed by atoms with Gasteiger partial charge in [0, 0.05) is 0 Å². The average Bonchev–Trinajstić information content (AvgIpc) is 1.35. The second kappa shape index (κ2) is 3.50. The zero-order chi connectivity index (χ0) is 4.99. The van der Waals surface area contributed by atoms with Crippen molar-refractivity contribution in [3.05, 3.63) is 0 Å². The molecule has 0 aliphatic carbocycles. The lowest BCUT2D eigenvalue weighted by Crippen LogP contribution is -1.89. The van der Waals surface area contributed by atoms with Gasteiger partial charge in [0.25, 0.3) is 0 Å². The van der Waals surface area contributed by atoms with E-state index in [0.29, 0.717) is 6.61 Å². The molecule has 6 heavy (non-hydrogen) atoms. The summed E-state index contributed by atoms with van der Waals surface area (Å²) in [4.78, 5) is 0. The monoisotopic (exact) mass is 108 g/mol. The van der Waals surface area contributed by atoms with Crippen LogP contribution in [0.15, 0.2) is 0 Å². The normalized spacial score (nSPS) is 11.5. The highest BCUT2D eigenvalue weighted by Crippen LogP contribution is 2.09. The molecule has 0 rings (SSSR count). The van der Waals surface area contributed by atoms with Crippen molar-refractivity contribution in [3.63, 3.8) is 0 Å². The van der Waals surface area contributed by atoms with E-state index in [1.807, 2.05) is 0 Å². The summed E-state index contributed by atoms with van der Waals surface area (Å²) in [5.74, 6) is 0.995. The lowest BCUT2D eigenvalue weighted by atomic mass is 10.9. The van der Waals surface area contributed by atoms with Crippen LogP contribution in [0.3, 0.4) is 0 Å². The molecule has 2 heteroatoms. The Labute approximate surface area is 41.7 Å². The van der Waals surface area contributed by atoms with Gasteiger partial charge in [-0.3, -0.25) is 10.9 Å². The highest BCUT2D eigenvalue weighted by atomic mass is 32.2. The number of hydrogen-bond acceptors (Lipinski definition) is 1. The van der Waals surface area contributed by atoms with E-state index in [1.54, 1.807) is 0 Å². The summed E-state index contributed by atoms with van der Waals surface area (Å²) >= 11 is 0. The van der Waals surface area contributed by atoms with Gasteiger partial charge in [-0.05, 0) is 18.3 Å². The van der Waals surface area contributed by atoms with Crippen molar-refractivity contribution >= 4 is 10.9 Å². The molecule has 0 atom stereocenters. The van der Waals surface area contributed by atoms with Crippen molar-refractivity contribution in [1.82, 2.24) is 0 Å². The van der Waals surface area contributed by atoms with E-state index in [-0.39, 0.29) is 10.9 Å². The zero-order valence-electron chi connectivity index (χ0n) is 4.31. The molecule has 1 N–H and O–H groups in total. The highest BCUT2D eigenvalue weighted by molar-refractivity contribution is 8.15. The van der Waals surface area contributed by atoms with E-state index < -0.39 is 0 Å². The van der Waals surface area contributed by atoms with Crippen LogP contribution in [-0.2, 0) is 0 Å². The van der Waals surface area contributed by atoms with Gasteiger partial charge in [-0.15, -0.1) is 0 Å². The van der Waals surface area contributed by atoms with Crippen molar-refractivity contribution in [3.8, 4) is 0 Å². The van der Waals surface area contributed by atoms with Gasteiger partial charge in [-0.25, -0.2) is 0 Å². The maximum absolute atomic E-state index is 8.25. The number of thiol groups is 1. The predicted octanol–water partition coefficient (Wildman–Crippen LogP) is 0.240. The summed E-state index contributed by atoms with van der Waals surface area (Å²) in [6.07, 6.45) is 4.32. The molecule has 0 spiro atoms. The van der Waals surface area contributed by atoms with E-state index in [4.69, 9.17) is 5.11 Å². The van der Waals surface area contributed by atoms with E-state index in [0.717, 1.165) is 5.75 Å². The fraction of sp³-hybridized carbons (Fsp3) is 1.00. The quantitative estimate of drug-likeness (QED) is 0.485. The van der Waals surface area contributed by atoms with Gasteiger partial charge in [-0.2, -0.15) is 0 Å². The lowest BCUT2D eigenvalue weighted by molar-refractivity contribution is 0.322. The third-order valence-corrected chi connectivity index (χ3v) is 1.64. The van der Waals surface area contributed by atoms with Crippen LogP contribution in [0.5, 0.6) is 0 Å². The first-order valence-electron chi connectivity index (χ1n) is 2.03. The molecule has 0 saturated heterocycles. The maximum Gasteiger partial charge on any atom is 0.0504 e. The number of aliphatic hydroxyl groups excluding tert-OH is 1. The SMILES string of the molecule is C[SH](C)CCO. The molecular weight excluding hydrogens is 96.1 g/mol. The van der Waals surface area contributed by atoms with Gasteiger partial charge < -0.3 is 5.11 Å². The van der Waals surface area contributed by atoms with Crippen LogP contribution >= 0.6 is 10.9 Å². The minimum absolute atomic E-state index is 0.149. The van der Waals surface area contributed by atoms with Gasteiger partial charge in [0.2, 0.25) is 0 Å². The summed E-state index contributed by atoms with van der Waals surface area (Å²) in [5.41, 5.74) is 0. The van der Waals surface area contributed by atoms with E-state index in [9.17, 15) is 0 Å². The second-order valence-electron chi connectivity index (χ2n) is 1.53. The van der Waals surface area contributed by atoms with Crippen molar-refractivity contribution in [1.29, 1.82) is 0 Å². The summed E-state index contributed by atoms with van der Waals surface area (Å²) in [6.45, 7) is 0.360. The highest BCUT2D eigenvalue weighted by Gasteiger charge is 1.80. The third kappa shape index (κ3) is 4.31. The number of aliphatic hydroxyl groups is 1. The van der Waals surface area contributed by atoms with E-state index in [1.165, 1.54) is 0 Å². The lowest BCUT2D eigenvalue weighted by Gasteiger charge is -2.02. The fourth-order valence-corrected chi connectivity index (χ4v) is 0.600. The Morgan fingerprint density at radius 1 is 1.50 bits per heavy atom. The Morgan fingerprint density at radius 3 is 2.00 bits per heavy atom. The molecule has 0 fully saturated rings. The van der Waals surface area contributed by atoms with Crippen LogP contribution in [0.1, 0.15) is 0 Å². The Morgan fingerprint density at radius 2 is 2.00 bits per heavy atom. The fourth-order valence-electron chi connectivity index (χ4n) is 0.200. The van der Waals surface area contributed by atoms with Crippen LogP contribution in [0.25, 0.3) is 0 Å². The molecule has 0 radical (unpaired) electrons. The molecule has 0 saturated carbocycles. The molecule has 0 aliphatic heterocycles. The topological polar surface area (TPSA) is 20.2 Å². The first-order chi connectivity index (χ1) is 2.77. The van der Waals surface area contributed by atoms with Crippen molar-refractivity contribution in [2.24, 2.45) is 0 Å². The smallest absolute Gasteiger partial charge is 0.0504 e. The van der Waals surface area contributed by atoms with Gasteiger partial charge in [-0.1, -0.05) is 0 Å². The Kier molecular flexibility index (Phi) is 3.68. The molecule has 0 unspecified atom stereocenters. The summed E-state index contributed by atoms with van der Waals surface area (Å²) in [6, 6.07) is 0. The van der Waals surface area contributed by atoms with Crippen molar-refractivity contribution in [2.75, 3.05) is 24.9 Å². The predicted molar refractivity (Wildman–Crippen MR) is 32.8 cm³/mol. The van der Waals surface area contributed by atoms with Gasteiger partial charge in [0.1, 0.15) is 0 Å². The second-order valence-corrected chi connectivity index (χ2v) is 4.13. The molecule has 0 heterocycles. The Hall–Kier alpha value is 0.310. The minimum atomic E-state index is 0.149. The molecule has 0 aromatic heterocycles. The zero-order valence-corrected chi connectivity index (χ0v) is 5.20. The molecule has 0 amide bonds. The number of hydrogen-bond donors (Lipinski definition) is 2. The molecule has 0 bridgehead atoms. The average molecular weight is 108 g/mol. The summed E-state index contributed by atoms with van der Waals surface area (Å²) in [5, 5.41) is 8.25. The first-order valence-corrected chi connectivity index (χ1v) is 4.45. The maximum atomic E-state index is 8.25. The van der Waals surface area contributed by atoms with E-state index in [2.05, 4.69) is 12.5 Å². The first kappa shape index (κ1) is 6.31. The molecule has 0 aliphatic rings. The summed E-state index contributed by atoms with van der Waals surface area (Å²) in [7, 11) is 0.149. The minimum Gasteiger partial charge on any atom is -0.396 e. The Bertz CT molecular complexity index is 28.7. The Balaban J connectivity index is 2.63. The van der Waals surface area contributed by atoms with Crippen LogP contribution in [0.4, 0.5) is 0 Å². The van der Waals surface area contributed by atoms with Crippen LogP contribution in [0.2, 0.25) is 0 Å². The third-order valence-electron chi connectivity index (χ3n) is 0.547. The molecule has 1 nitrogen and oxygen atoms in total. The van der Waals surface area contributed by atoms with Crippen LogP contribution in [-0.4, -0.2) is 30.0 Å². The number of rotatable bonds is 2.